The van der Waals surface area contributed by atoms with E-state index in [2.05, 4.69) is 81.1 Å². The number of phenolic OH excluding ortho intramolecular Hbond substituents is 1. The predicted molar refractivity (Wildman–Crippen MR) is 122 cm³/mol. The number of benzene rings is 3. The minimum Gasteiger partial charge on any atom is -0.507 e. The van der Waals surface area contributed by atoms with E-state index in [1.165, 1.54) is 11.1 Å². The quantitative estimate of drug-likeness (QED) is 0.508. The monoisotopic (exact) mass is 373 g/mol. The predicted octanol–water partition coefficient (Wildman–Crippen LogP) is 7.62. The number of hydrogen-bond donors (Lipinski definition) is 1. The van der Waals surface area contributed by atoms with Crippen LogP contribution in [0.1, 0.15) is 44.4 Å². The van der Waals surface area contributed by atoms with Crippen LogP contribution < -0.4 is 4.90 Å². The molecule has 0 saturated heterocycles. The summed E-state index contributed by atoms with van der Waals surface area (Å²) < 4.78 is 0. The van der Waals surface area contributed by atoms with Crippen molar-refractivity contribution in [3.8, 4) is 5.75 Å². The summed E-state index contributed by atoms with van der Waals surface area (Å²) in [6, 6.07) is 24.3. The molecule has 0 bridgehead atoms. The summed E-state index contributed by atoms with van der Waals surface area (Å²) in [5.41, 5.74) is 7.57. The lowest BCUT2D eigenvalue weighted by molar-refractivity contribution is 0.473. The molecule has 28 heavy (non-hydrogen) atoms. The number of allylic oxidation sites excluding steroid dienone is 1. The molecule has 0 saturated carbocycles. The van der Waals surface area contributed by atoms with Crippen molar-refractivity contribution < 1.29 is 5.11 Å². The molecule has 1 N–H and O–H groups in total. The van der Waals surface area contributed by atoms with Gasteiger partial charge in [0.2, 0.25) is 0 Å². The summed E-state index contributed by atoms with van der Waals surface area (Å²) in [4.78, 5) is 2.26. The normalized spacial score (nSPS) is 9.93. The molecule has 3 rings (SSSR count). The topological polar surface area (TPSA) is 23.5 Å². The molecule has 0 unspecified atom stereocenters. The number of aryl methyl sites for hydroxylation is 2. The zero-order valence-electron chi connectivity index (χ0n) is 17.8. The van der Waals surface area contributed by atoms with E-state index in [0.717, 1.165) is 28.2 Å². The first-order chi connectivity index (χ1) is 13.5. The SMILES string of the molecule is CC.CC(C)=C(c1ccccc1O)N(c1ccccc1C)c1ccccc1C. The Kier molecular flexibility index (Phi) is 7.45. The fourth-order valence-electron chi connectivity index (χ4n) is 3.29. The summed E-state index contributed by atoms with van der Waals surface area (Å²) in [7, 11) is 0. The second kappa shape index (κ2) is 9.80. The highest BCUT2D eigenvalue weighted by Crippen LogP contribution is 2.41. The summed E-state index contributed by atoms with van der Waals surface area (Å²) in [5, 5.41) is 10.6. The summed E-state index contributed by atoms with van der Waals surface area (Å²) in [6.07, 6.45) is 0. The van der Waals surface area contributed by atoms with Gasteiger partial charge in [-0.1, -0.05) is 68.0 Å². The Morgan fingerprint density at radius 1 is 0.679 bits per heavy atom. The maximum absolute atomic E-state index is 10.6. The van der Waals surface area contributed by atoms with Crippen LogP contribution in [0.4, 0.5) is 11.4 Å². The number of para-hydroxylation sites is 3. The molecular formula is C26H31NO. The van der Waals surface area contributed by atoms with Gasteiger partial charge in [-0.3, -0.25) is 0 Å². The molecule has 0 aliphatic heterocycles. The van der Waals surface area contributed by atoms with Crippen LogP contribution >= 0.6 is 0 Å². The van der Waals surface area contributed by atoms with Gasteiger partial charge in [-0.2, -0.15) is 0 Å². The average Bonchev–Trinajstić information content (AvgIpc) is 2.70. The van der Waals surface area contributed by atoms with E-state index in [4.69, 9.17) is 0 Å². The van der Waals surface area contributed by atoms with Crippen molar-refractivity contribution in [2.45, 2.75) is 41.5 Å². The van der Waals surface area contributed by atoms with E-state index in [1.807, 2.05) is 32.0 Å². The molecule has 0 aliphatic rings. The van der Waals surface area contributed by atoms with E-state index < -0.39 is 0 Å². The zero-order valence-corrected chi connectivity index (χ0v) is 17.8. The van der Waals surface area contributed by atoms with Crippen molar-refractivity contribution in [1.82, 2.24) is 0 Å². The Labute approximate surface area is 169 Å². The van der Waals surface area contributed by atoms with E-state index in [1.54, 1.807) is 6.07 Å². The molecule has 0 spiro atoms. The molecule has 2 heteroatoms. The molecule has 3 aromatic carbocycles. The number of aromatic hydroxyl groups is 1. The van der Waals surface area contributed by atoms with Gasteiger partial charge in [0.05, 0.1) is 5.70 Å². The minimum absolute atomic E-state index is 0.288. The van der Waals surface area contributed by atoms with Gasteiger partial charge in [-0.25, -0.2) is 0 Å². The molecule has 0 heterocycles. The molecule has 0 radical (unpaired) electrons. The maximum Gasteiger partial charge on any atom is 0.124 e. The molecule has 0 aromatic heterocycles. The average molecular weight is 374 g/mol. The van der Waals surface area contributed by atoms with Crippen LogP contribution in [0.3, 0.4) is 0 Å². The lowest BCUT2D eigenvalue weighted by Gasteiger charge is -2.32. The fraction of sp³-hybridized carbons (Fsp3) is 0.231. The molecule has 0 atom stereocenters. The third-order valence-corrected chi connectivity index (χ3v) is 4.57. The lowest BCUT2D eigenvalue weighted by Crippen LogP contribution is -2.18. The van der Waals surface area contributed by atoms with Crippen LogP contribution in [-0.2, 0) is 0 Å². The van der Waals surface area contributed by atoms with Gasteiger partial charge in [-0.15, -0.1) is 0 Å². The van der Waals surface area contributed by atoms with Crippen LogP contribution in [0, 0.1) is 13.8 Å². The molecular weight excluding hydrogens is 342 g/mol. The summed E-state index contributed by atoms with van der Waals surface area (Å²) in [5.74, 6) is 0.288. The highest BCUT2D eigenvalue weighted by atomic mass is 16.3. The van der Waals surface area contributed by atoms with Crippen LogP contribution in [0.15, 0.2) is 78.4 Å². The van der Waals surface area contributed by atoms with E-state index >= 15 is 0 Å². The highest BCUT2D eigenvalue weighted by Gasteiger charge is 2.22. The van der Waals surface area contributed by atoms with Crippen molar-refractivity contribution in [3.63, 3.8) is 0 Å². The Hall–Kier alpha value is -3.00. The van der Waals surface area contributed by atoms with Gasteiger partial charge < -0.3 is 10.0 Å². The highest BCUT2D eigenvalue weighted by molar-refractivity contribution is 5.92. The number of phenols is 1. The molecule has 2 nitrogen and oxygen atoms in total. The van der Waals surface area contributed by atoms with Crippen LogP contribution in [0.2, 0.25) is 0 Å². The van der Waals surface area contributed by atoms with Gasteiger partial charge in [-0.05, 0) is 63.1 Å². The fourth-order valence-corrected chi connectivity index (χ4v) is 3.29. The lowest BCUT2D eigenvalue weighted by atomic mass is 10.0. The molecule has 0 amide bonds. The minimum atomic E-state index is 0.288. The second-order valence-electron chi connectivity index (χ2n) is 6.77. The van der Waals surface area contributed by atoms with Gasteiger partial charge in [0.25, 0.3) is 0 Å². The van der Waals surface area contributed by atoms with E-state index in [0.29, 0.717) is 0 Å². The van der Waals surface area contributed by atoms with Crippen molar-refractivity contribution in [1.29, 1.82) is 0 Å². The summed E-state index contributed by atoms with van der Waals surface area (Å²) in [6.45, 7) is 12.4. The number of hydrogen-bond acceptors (Lipinski definition) is 2. The molecule has 146 valence electrons. The summed E-state index contributed by atoms with van der Waals surface area (Å²) >= 11 is 0. The Balaban J connectivity index is 0.00000136. The third kappa shape index (κ3) is 4.45. The standard InChI is InChI=1S/C24H25NO.C2H6/c1-17(2)24(20-13-7-10-16-23(20)26)25(21-14-8-5-11-18(21)3)22-15-9-6-12-19(22)4;1-2/h5-16,26H,1-4H3;1-2H3. The van der Waals surface area contributed by atoms with Crippen molar-refractivity contribution in [2.24, 2.45) is 0 Å². The van der Waals surface area contributed by atoms with E-state index in [-0.39, 0.29) is 5.75 Å². The first-order valence-corrected chi connectivity index (χ1v) is 9.88. The third-order valence-electron chi connectivity index (χ3n) is 4.57. The Morgan fingerprint density at radius 3 is 1.54 bits per heavy atom. The van der Waals surface area contributed by atoms with Crippen LogP contribution in [-0.4, -0.2) is 5.11 Å². The Bertz CT molecular complexity index is 906. The van der Waals surface area contributed by atoms with E-state index in [9.17, 15) is 5.11 Å². The maximum atomic E-state index is 10.6. The van der Waals surface area contributed by atoms with Crippen molar-refractivity contribution in [3.05, 3.63) is 95.1 Å². The van der Waals surface area contributed by atoms with Crippen LogP contribution in [0.25, 0.3) is 5.70 Å². The molecule has 0 fully saturated rings. The molecule has 3 aromatic rings. The first kappa shape index (κ1) is 21.3. The van der Waals surface area contributed by atoms with Gasteiger partial charge in [0.15, 0.2) is 0 Å². The van der Waals surface area contributed by atoms with Crippen LogP contribution in [0.5, 0.6) is 5.75 Å². The smallest absolute Gasteiger partial charge is 0.124 e. The number of rotatable bonds is 4. The van der Waals surface area contributed by atoms with Crippen molar-refractivity contribution in [2.75, 3.05) is 4.90 Å². The van der Waals surface area contributed by atoms with Crippen molar-refractivity contribution >= 4 is 17.1 Å². The first-order valence-electron chi connectivity index (χ1n) is 9.88. The second-order valence-corrected chi connectivity index (χ2v) is 6.77. The Morgan fingerprint density at radius 2 is 1.11 bits per heavy atom. The van der Waals surface area contributed by atoms with Gasteiger partial charge in [0, 0.05) is 16.9 Å². The number of nitrogens with zero attached hydrogens (tertiary/aromatic N) is 1. The van der Waals surface area contributed by atoms with Gasteiger partial charge >= 0.3 is 0 Å². The molecule has 0 aliphatic carbocycles. The zero-order chi connectivity index (χ0) is 20.7. The number of anilines is 2. The largest absolute Gasteiger partial charge is 0.507 e. The van der Waals surface area contributed by atoms with Gasteiger partial charge in [0.1, 0.15) is 5.75 Å².